The van der Waals surface area contributed by atoms with Gasteiger partial charge in [0.25, 0.3) is 11.8 Å². The van der Waals surface area contributed by atoms with E-state index in [2.05, 4.69) is 25.6 Å². The Morgan fingerprint density at radius 3 is 2.48 bits per heavy atom. The predicted octanol–water partition coefficient (Wildman–Crippen LogP) is 2.07. The van der Waals surface area contributed by atoms with Crippen LogP contribution in [0.15, 0.2) is 30.7 Å². The van der Waals surface area contributed by atoms with Gasteiger partial charge in [-0.2, -0.15) is 0 Å². The molecule has 1 aliphatic heterocycles. The molecule has 8 nitrogen and oxygen atoms in total. The molecule has 3 heterocycles. The summed E-state index contributed by atoms with van der Waals surface area (Å²) in [6.45, 7) is 2.07. The van der Waals surface area contributed by atoms with E-state index in [0.29, 0.717) is 36.1 Å². The Bertz CT molecular complexity index is 864. The highest BCUT2D eigenvalue weighted by Crippen LogP contribution is 2.28. The number of likely N-dealkylation sites (tertiary alicyclic amines) is 1. The van der Waals surface area contributed by atoms with Crippen LogP contribution in [0, 0.1) is 5.92 Å². The Morgan fingerprint density at radius 2 is 1.83 bits per heavy atom. The number of rotatable bonds is 6. The smallest absolute Gasteiger partial charge is 0.257 e. The van der Waals surface area contributed by atoms with Gasteiger partial charge in [-0.15, -0.1) is 0 Å². The number of nitrogens with one attached hydrogen (secondary N) is 2. The van der Waals surface area contributed by atoms with Gasteiger partial charge < -0.3 is 15.5 Å². The van der Waals surface area contributed by atoms with E-state index in [9.17, 15) is 9.59 Å². The quantitative estimate of drug-likeness (QED) is 0.778. The number of anilines is 1. The van der Waals surface area contributed by atoms with Crippen LogP contribution in [0.25, 0.3) is 0 Å². The molecule has 0 radical (unpaired) electrons. The molecule has 2 aromatic heterocycles. The van der Waals surface area contributed by atoms with Crippen molar-refractivity contribution >= 4 is 17.8 Å². The molecular weight excluding hydrogens is 368 g/mol. The largest absolute Gasteiger partial charge is 0.357 e. The van der Waals surface area contributed by atoms with Crippen LogP contribution >= 0.6 is 0 Å². The van der Waals surface area contributed by atoms with Gasteiger partial charge in [0.05, 0.1) is 11.1 Å². The minimum absolute atomic E-state index is 0.0616. The van der Waals surface area contributed by atoms with Crippen LogP contribution in [0.2, 0.25) is 0 Å². The van der Waals surface area contributed by atoms with Gasteiger partial charge in [-0.1, -0.05) is 0 Å². The third-order valence-corrected chi connectivity index (χ3v) is 5.55. The zero-order valence-electron chi connectivity index (χ0n) is 16.6. The maximum Gasteiger partial charge on any atom is 0.257 e. The van der Waals surface area contributed by atoms with Crippen molar-refractivity contribution in [3.63, 3.8) is 0 Å². The second kappa shape index (κ2) is 8.55. The van der Waals surface area contributed by atoms with Crippen LogP contribution in [0.3, 0.4) is 0 Å². The third-order valence-electron chi connectivity index (χ3n) is 5.55. The average Bonchev–Trinajstić information content (AvgIpc) is 3.62. The van der Waals surface area contributed by atoms with E-state index in [0.717, 1.165) is 25.1 Å². The van der Waals surface area contributed by atoms with Crippen molar-refractivity contribution in [3.8, 4) is 0 Å². The van der Waals surface area contributed by atoms with Crippen molar-refractivity contribution < 1.29 is 9.59 Å². The molecule has 8 heteroatoms. The molecular formula is C21H26N6O2. The van der Waals surface area contributed by atoms with Gasteiger partial charge in [-0.25, -0.2) is 9.97 Å². The van der Waals surface area contributed by atoms with Crippen molar-refractivity contribution in [2.24, 2.45) is 5.92 Å². The molecule has 0 spiro atoms. The van der Waals surface area contributed by atoms with Crippen molar-refractivity contribution in [2.45, 2.75) is 31.6 Å². The average molecular weight is 394 g/mol. The number of hydrogen-bond acceptors (Lipinski definition) is 6. The number of amides is 2. The second-order valence-electron chi connectivity index (χ2n) is 7.76. The summed E-state index contributed by atoms with van der Waals surface area (Å²) in [5.74, 6) is 1.17. The van der Waals surface area contributed by atoms with E-state index in [-0.39, 0.29) is 17.7 Å². The maximum absolute atomic E-state index is 12.8. The lowest BCUT2D eigenvalue weighted by Crippen LogP contribution is -2.39. The second-order valence-corrected chi connectivity index (χ2v) is 7.76. The molecule has 0 aromatic carbocycles. The molecule has 152 valence electrons. The summed E-state index contributed by atoms with van der Waals surface area (Å²) in [6, 6.07) is 3.74. The Morgan fingerprint density at radius 1 is 1.07 bits per heavy atom. The predicted molar refractivity (Wildman–Crippen MR) is 109 cm³/mol. The fourth-order valence-electron chi connectivity index (χ4n) is 3.60. The highest BCUT2D eigenvalue weighted by molar-refractivity contribution is 5.94. The zero-order valence-corrected chi connectivity index (χ0v) is 16.6. The topological polar surface area (TPSA) is 100 Å². The van der Waals surface area contributed by atoms with Crippen molar-refractivity contribution in [2.75, 3.05) is 32.0 Å². The van der Waals surface area contributed by atoms with E-state index < -0.39 is 0 Å². The molecule has 0 bridgehead atoms. The summed E-state index contributed by atoms with van der Waals surface area (Å²) >= 11 is 0. The lowest BCUT2D eigenvalue weighted by atomic mass is 9.93. The van der Waals surface area contributed by atoms with Gasteiger partial charge in [0.15, 0.2) is 0 Å². The van der Waals surface area contributed by atoms with E-state index in [1.54, 1.807) is 25.6 Å². The summed E-state index contributed by atoms with van der Waals surface area (Å²) < 4.78 is 0. The fourth-order valence-corrected chi connectivity index (χ4v) is 3.60. The Kier molecular flexibility index (Phi) is 5.69. The summed E-state index contributed by atoms with van der Waals surface area (Å²) in [5.41, 5.74) is 1.99. The standard InChI is InChI=1S/C21H26N6O2/c1-22-21-25-11-17(12-26-21)20(29)27-8-2-3-16(13-27)18-7-6-15(10-23-18)19(28)24-9-14-4-5-14/h6-7,10-12,14,16H,2-5,8-9,13H2,1H3,(H,24,28)(H,22,25,26). The highest BCUT2D eigenvalue weighted by Gasteiger charge is 2.27. The number of aromatic nitrogens is 3. The van der Waals surface area contributed by atoms with Gasteiger partial charge in [0, 0.05) is 56.9 Å². The van der Waals surface area contributed by atoms with E-state index in [1.807, 2.05) is 17.0 Å². The minimum atomic E-state index is -0.0681. The van der Waals surface area contributed by atoms with Gasteiger partial charge in [-0.05, 0) is 43.7 Å². The summed E-state index contributed by atoms with van der Waals surface area (Å²) in [6.07, 6.45) is 9.05. The summed E-state index contributed by atoms with van der Waals surface area (Å²) in [5, 5.41) is 5.81. The molecule has 1 unspecified atom stereocenters. The molecule has 2 N–H and O–H groups in total. The summed E-state index contributed by atoms with van der Waals surface area (Å²) in [4.78, 5) is 39.6. The van der Waals surface area contributed by atoms with E-state index in [1.165, 1.54) is 12.8 Å². The van der Waals surface area contributed by atoms with Crippen LogP contribution in [-0.2, 0) is 0 Å². The lowest BCUT2D eigenvalue weighted by molar-refractivity contribution is 0.0705. The molecule has 2 aromatic rings. The molecule has 2 amide bonds. The van der Waals surface area contributed by atoms with Crippen LogP contribution in [0.4, 0.5) is 5.95 Å². The molecule has 1 saturated carbocycles. The first-order valence-electron chi connectivity index (χ1n) is 10.2. The number of nitrogens with zero attached hydrogens (tertiary/aromatic N) is 4. The van der Waals surface area contributed by atoms with E-state index >= 15 is 0 Å². The molecule has 4 rings (SSSR count). The summed E-state index contributed by atoms with van der Waals surface area (Å²) in [7, 11) is 1.74. The van der Waals surface area contributed by atoms with Crippen LogP contribution in [0.5, 0.6) is 0 Å². The number of piperidine rings is 1. The molecule has 1 saturated heterocycles. The van der Waals surface area contributed by atoms with Gasteiger partial charge in [-0.3, -0.25) is 14.6 Å². The first kappa shape index (κ1) is 19.3. The molecule has 2 fully saturated rings. The molecule has 2 aliphatic rings. The number of pyridine rings is 1. The lowest BCUT2D eigenvalue weighted by Gasteiger charge is -2.32. The molecule has 1 aliphatic carbocycles. The SMILES string of the molecule is CNc1ncc(C(=O)N2CCCC(c3ccc(C(=O)NCC4CC4)cn3)C2)cn1. The maximum atomic E-state index is 12.8. The monoisotopic (exact) mass is 394 g/mol. The van der Waals surface area contributed by atoms with Crippen LogP contribution in [0.1, 0.15) is 58.0 Å². The van der Waals surface area contributed by atoms with Crippen molar-refractivity contribution in [1.29, 1.82) is 0 Å². The molecule has 29 heavy (non-hydrogen) atoms. The Balaban J connectivity index is 1.38. The number of carbonyl (C=O) groups excluding carboxylic acids is 2. The highest BCUT2D eigenvalue weighted by atomic mass is 16.2. The number of carbonyl (C=O) groups is 2. The van der Waals surface area contributed by atoms with Gasteiger partial charge >= 0.3 is 0 Å². The first-order valence-corrected chi connectivity index (χ1v) is 10.2. The zero-order chi connectivity index (χ0) is 20.2. The van der Waals surface area contributed by atoms with Crippen molar-refractivity contribution in [1.82, 2.24) is 25.2 Å². The van der Waals surface area contributed by atoms with Gasteiger partial charge in [0.2, 0.25) is 5.95 Å². The Hall–Kier alpha value is -3.03. The van der Waals surface area contributed by atoms with Gasteiger partial charge in [0.1, 0.15) is 0 Å². The van der Waals surface area contributed by atoms with E-state index in [4.69, 9.17) is 0 Å². The minimum Gasteiger partial charge on any atom is -0.357 e. The normalized spacial score (nSPS) is 18.9. The third kappa shape index (κ3) is 4.70. The number of hydrogen-bond donors (Lipinski definition) is 2. The molecule has 1 atom stereocenters. The fraction of sp³-hybridized carbons (Fsp3) is 0.476. The van der Waals surface area contributed by atoms with Crippen molar-refractivity contribution in [3.05, 3.63) is 47.5 Å². The Labute approximate surface area is 170 Å². The van der Waals surface area contributed by atoms with Crippen LogP contribution < -0.4 is 10.6 Å². The van der Waals surface area contributed by atoms with Crippen LogP contribution in [-0.4, -0.2) is 58.3 Å². The first-order chi connectivity index (χ1) is 14.1.